The Hall–Kier alpha value is -0.962. The Morgan fingerprint density at radius 2 is 1.31 bits per heavy atom. The van der Waals surface area contributed by atoms with E-state index in [9.17, 15) is 19.2 Å². The normalized spacial score (nSPS) is 8.15. The molecule has 0 aromatic heterocycles. The molecule has 5 nitrogen and oxygen atoms in total. The maximum absolute atomic E-state index is 10.6. The van der Waals surface area contributed by atoms with Crippen LogP contribution in [0.25, 0.3) is 0 Å². The third-order valence-electron chi connectivity index (χ3n) is 1.13. The van der Waals surface area contributed by atoms with Gasteiger partial charge in [-0.2, -0.15) is 0 Å². The number of hydrogen-bond donors (Lipinski definition) is 1. The summed E-state index contributed by atoms with van der Waals surface area (Å²) in [5.74, 6) is -5.68. The van der Waals surface area contributed by atoms with Crippen LogP contribution in [0.1, 0.15) is 13.8 Å². The summed E-state index contributed by atoms with van der Waals surface area (Å²) in [6.07, 6.45) is 0. The fraction of sp³-hybridized carbons (Fsp3) is 0.286. The summed E-state index contributed by atoms with van der Waals surface area (Å²) in [6.45, 7) is 1.94. The molecular weight excluding hydrogens is 260 g/mol. The van der Waals surface area contributed by atoms with Crippen LogP contribution in [0, 0.1) is 5.92 Å². The Bertz CT molecular complexity index is 244. The maximum atomic E-state index is 10.6. The second kappa shape index (κ2) is 5.64. The third kappa shape index (κ3) is 3.99. The number of carbonyl (C=O) groups is 4. The van der Waals surface area contributed by atoms with Gasteiger partial charge >= 0.3 is 0 Å². The van der Waals surface area contributed by atoms with Gasteiger partial charge in [-0.15, -0.1) is 0 Å². The van der Waals surface area contributed by atoms with Crippen molar-refractivity contribution in [1.29, 1.82) is 0 Å². The van der Waals surface area contributed by atoms with E-state index in [1.165, 1.54) is 0 Å². The molecule has 72 valence electrons. The number of rotatable bonds is 4. The van der Waals surface area contributed by atoms with Gasteiger partial charge < -0.3 is 24.3 Å². The van der Waals surface area contributed by atoms with Crippen molar-refractivity contribution < 1.29 is 45.3 Å². The van der Waals surface area contributed by atoms with E-state index < -0.39 is 29.2 Å². The van der Waals surface area contributed by atoms with Crippen LogP contribution < -0.4 is 0 Å². The molecule has 6 heteroatoms. The summed E-state index contributed by atoms with van der Waals surface area (Å²) in [5.41, 5.74) is 0. The molecule has 0 aliphatic heterocycles. The topological polar surface area (TPSA) is 88.5 Å². The molecule has 13 heavy (non-hydrogen) atoms. The van der Waals surface area contributed by atoms with Crippen LogP contribution in [0.4, 0.5) is 0 Å². The van der Waals surface area contributed by atoms with Crippen molar-refractivity contribution in [3.63, 3.8) is 0 Å². The van der Waals surface area contributed by atoms with Crippen LogP contribution >= 0.6 is 0 Å². The average molecular weight is 267 g/mol. The predicted octanol–water partition coefficient (Wildman–Crippen LogP) is -0.610. The second-order valence-electron chi connectivity index (χ2n) is 2.12. The third-order valence-corrected chi connectivity index (χ3v) is 1.13. The molecule has 0 saturated carbocycles. The summed E-state index contributed by atoms with van der Waals surface area (Å²) in [4.78, 5) is 41.9. The first-order valence-corrected chi connectivity index (χ1v) is 3.04. The van der Waals surface area contributed by atoms with Crippen molar-refractivity contribution >= 4 is 23.3 Å². The Labute approximate surface area is 88.8 Å². The fourth-order valence-electron chi connectivity index (χ4n) is 0.675. The van der Waals surface area contributed by atoms with E-state index in [0.29, 0.717) is 0 Å². The van der Waals surface area contributed by atoms with Crippen LogP contribution in [0.5, 0.6) is 0 Å². The van der Waals surface area contributed by atoms with E-state index in [0.717, 1.165) is 13.8 Å². The molecule has 0 radical (unpaired) electrons. The van der Waals surface area contributed by atoms with E-state index in [4.69, 9.17) is 5.11 Å². The summed E-state index contributed by atoms with van der Waals surface area (Å²) >= 11 is 0. The van der Waals surface area contributed by atoms with Crippen molar-refractivity contribution in [2.45, 2.75) is 13.8 Å². The SMILES string of the molecule is CC(=O)[C-](C(C)=O)C(=O)C(=O)O.[Mo]. The van der Waals surface area contributed by atoms with Gasteiger partial charge in [0.15, 0.2) is 0 Å². The van der Waals surface area contributed by atoms with Crippen LogP contribution in [-0.2, 0) is 40.2 Å². The number of aliphatic carboxylic acids is 1. The summed E-state index contributed by atoms with van der Waals surface area (Å²) in [6, 6.07) is 0. The quantitative estimate of drug-likeness (QED) is 0.318. The molecule has 0 aromatic rings. The Morgan fingerprint density at radius 3 is 1.38 bits per heavy atom. The molecule has 0 aromatic carbocycles. The van der Waals surface area contributed by atoms with Crippen molar-refractivity contribution in [2.75, 3.05) is 0 Å². The molecule has 0 rings (SSSR count). The first-order chi connectivity index (χ1) is 5.37. The first kappa shape index (κ1) is 14.6. The molecule has 0 unspecified atom stereocenters. The summed E-state index contributed by atoms with van der Waals surface area (Å²) < 4.78 is 0. The van der Waals surface area contributed by atoms with E-state index in [1.54, 1.807) is 0 Å². The second-order valence-corrected chi connectivity index (χ2v) is 2.12. The molecule has 0 aliphatic carbocycles. The minimum absolute atomic E-state index is 0. The van der Waals surface area contributed by atoms with Gasteiger partial charge in [0, 0.05) is 21.1 Å². The monoisotopic (exact) mass is 269 g/mol. The Balaban J connectivity index is 0. The molecule has 0 heterocycles. The largest absolute Gasteiger partial charge is 0.560 e. The van der Waals surface area contributed by atoms with Crippen LogP contribution in [0.15, 0.2) is 0 Å². The van der Waals surface area contributed by atoms with Gasteiger partial charge in [0.05, 0.1) is 11.6 Å². The van der Waals surface area contributed by atoms with E-state index in [1.807, 2.05) is 0 Å². The van der Waals surface area contributed by atoms with Gasteiger partial charge in [-0.1, -0.05) is 0 Å². The molecule has 0 aliphatic rings. The predicted molar refractivity (Wildman–Crippen MR) is 37.2 cm³/mol. The number of ketones is 3. The Kier molecular flexibility index (Phi) is 6.32. The molecule has 0 amide bonds. The van der Waals surface area contributed by atoms with Gasteiger partial charge in [0.1, 0.15) is 5.78 Å². The molecule has 0 saturated heterocycles. The molecule has 0 atom stereocenters. The number of Topliss-reactive ketones (excluding diaryl/α,β-unsaturated/α-hetero) is 3. The van der Waals surface area contributed by atoms with E-state index >= 15 is 0 Å². The molecular formula is C7H7MoO5-. The molecule has 0 fully saturated rings. The number of carboxylic acids is 1. The Morgan fingerprint density at radius 1 is 1.00 bits per heavy atom. The van der Waals surface area contributed by atoms with Crippen LogP contribution in [0.3, 0.4) is 0 Å². The number of carbonyl (C=O) groups excluding carboxylic acids is 3. The first-order valence-electron chi connectivity index (χ1n) is 3.04. The smallest absolute Gasteiger partial charge is 0.213 e. The standard InChI is InChI=1S/C7H7O5.Mo/c1-3(8)5(4(2)9)6(10)7(11)12;/h1-2H3,(H,11,12);/q-1;. The van der Waals surface area contributed by atoms with Gasteiger partial charge in [0.2, 0.25) is 5.97 Å². The van der Waals surface area contributed by atoms with Crippen LogP contribution in [-0.4, -0.2) is 28.4 Å². The maximum Gasteiger partial charge on any atom is 0.213 e. The van der Waals surface area contributed by atoms with Gasteiger partial charge in [-0.3, -0.25) is 0 Å². The van der Waals surface area contributed by atoms with Gasteiger partial charge in [0.25, 0.3) is 0 Å². The van der Waals surface area contributed by atoms with Crippen LogP contribution in [0.2, 0.25) is 0 Å². The zero-order chi connectivity index (χ0) is 9.89. The molecule has 0 spiro atoms. The zero-order valence-electron chi connectivity index (χ0n) is 6.99. The van der Waals surface area contributed by atoms with Crippen molar-refractivity contribution in [1.82, 2.24) is 0 Å². The average Bonchev–Trinajstić information content (AvgIpc) is 1.85. The molecule has 0 bridgehead atoms. The number of carboxylic acid groups (broad SMARTS) is 1. The molecule has 1 N–H and O–H groups in total. The minimum atomic E-state index is -1.80. The van der Waals surface area contributed by atoms with Crippen molar-refractivity contribution in [2.24, 2.45) is 0 Å². The fourth-order valence-corrected chi connectivity index (χ4v) is 0.675. The van der Waals surface area contributed by atoms with Crippen molar-refractivity contribution in [3.05, 3.63) is 5.92 Å². The van der Waals surface area contributed by atoms with Crippen molar-refractivity contribution in [3.8, 4) is 0 Å². The minimum Gasteiger partial charge on any atom is -0.560 e. The van der Waals surface area contributed by atoms with Gasteiger partial charge in [-0.25, -0.2) is 0 Å². The van der Waals surface area contributed by atoms with E-state index in [-0.39, 0.29) is 21.1 Å². The summed E-state index contributed by atoms with van der Waals surface area (Å²) in [5, 5.41) is 8.18. The zero-order valence-corrected chi connectivity index (χ0v) is 9.00. The van der Waals surface area contributed by atoms with Gasteiger partial charge in [-0.05, 0) is 19.8 Å². The number of hydrogen-bond acceptors (Lipinski definition) is 4. The summed E-state index contributed by atoms with van der Waals surface area (Å²) in [7, 11) is 0. The van der Waals surface area contributed by atoms with E-state index in [2.05, 4.69) is 0 Å².